The molecule has 78 valence electrons. The highest BCUT2D eigenvalue weighted by Crippen LogP contribution is 2.41. The largest absolute Gasteiger partial charge is 0.381 e. The zero-order chi connectivity index (χ0) is 10.1. The quantitative estimate of drug-likeness (QED) is 0.606. The van der Waals surface area contributed by atoms with Gasteiger partial charge >= 0.3 is 0 Å². The first-order chi connectivity index (χ1) is 5.95. The fraction of sp³-hybridized carbons (Fsp3) is 1.00. The van der Waals surface area contributed by atoms with E-state index in [1.807, 2.05) is 7.11 Å². The minimum atomic E-state index is 0.398. The molecule has 0 saturated heterocycles. The maximum atomic E-state index is 5.58. The maximum absolute atomic E-state index is 5.58. The Morgan fingerprint density at radius 1 is 1.15 bits per heavy atom. The summed E-state index contributed by atoms with van der Waals surface area (Å²) in [6, 6.07) is 0. The molecule has 0 amide bonds. The summed E-state index contributed by atoms with van der Waals surface area (Å²) in [7, 11) is 1.86. The average molecular weight is 184 g/mol. The van der Waals surface area contributed by atoms with E-state index in [1.54, 1.807) is 0 Å². The number of methoxy groups -OCH3 is 1. The van der Waals surface area contributed by atoms with Gasteiger partial charge < -0.3 is 4.74 Å². The molecule has 0 spiro atoms. The third kappa shape index (κ3) is 2.70. The second-order valence-corrected chi connectivity index (χ2v) is 5.66. The predicted molar refractivity (Wildman–Crippen MR) is 56.8 cm³/mol. The van der Waals surface area contributed by atoms with Crippen molar-refractivity contribution in [3.8, 4) is 0 Å². The van der Waals surface area contributed by atoms with Gasteiger partial charge in [0.05, 0.1) is 6.10 Å². The van der Waals surface area contributed by atoms with Crippen LogP contribution < -0.4 is 0 Å². The Labute approximate surface area is 82.9 Å². The molecule has 0 aromatic heterocycles. The van der Waals surface area contributed by atoms with Crippen molar-refractivity contribution in [1.82, 2.24) is 0 Å². The van der Waals surface area contributed by atoms with Gasteiger partial charge in [-0.25, -0.2) is 0 Å². The van der Waals surface area contributed by atoms with E-state index < -0.39 is 0 Å². The van der Waals surface area contributed by atoms with Crippen molar-refractivity contribution in [1.29, 1.82) is 0 Å². The lowest BCUT2D eigenvalue weighted by atomic mass is 9.68. The minimum absolute atomic E-state index is 0.398. The van der Waals surface area contributed by atoms with E-state index in [-0.39, 0.29) is 0 Å². The van der Waals surface area contributed by atoms with Crippen LogP contribution in [-0.4, -0.2) is 13.2 Å². The molecule has 0 heterocycles. The number of hydrogen-bond acceptors (Lipinski definition) is 1. The molecule has 1 heteroatoms. The number of ether oxygens (including phenoxy) is 1. The third-order valence-corrected chi connectivity index (χ3v) is 3.46. The molecule has 1 aliphatic carbocycles. The zero-order valence-electron chi connectivity index (χ0n) is 9.76. The van der Waals surface area contributed by atoms with E-state index in [9.17, 15) is 0 Å². The van der Waals surface area contributed by atoms with Crippen molar-refractivity contribution < 1.29 is 4.74 Å². The monoisotopic (exact) mass is 184 g/mol. The van der Waals surface area contributed by atoms with Gasteiger partial charge in [-0.1, -0.05) is 27.7 Å². The van der Waals surface area contributed by atoms with Gasteiger partial charge in [-0.05, 0) is 36.5 Å². The number of rotatable bonds is 1. The third-order valence-electron chi connectivity index (χ3n) is 3.46. The molecule has 1 saturated carbocycles. The molecule has 0 aliphatic heterocycles. The fourth-order valence-electron chi connectivity index (χ4n) is 2.55. The lowest BCUT2D eigenvalue weighted by Crippen LogP contribution is -2.38. The van der Waals surface area contributed by atoms with Gasteiger partial charge in [0.15, 0.2) is 0 Å². The summed E-state index contributed by atoms with van der Waals surface area (Å²) < 4.78 is 5.58. The SMILES string of the molecule is COC1CCC(C)CC1C(C)(C)C. The summed E-state index contributed by atoms with van der Waals surface area (Å²) >= 11 is 0. The first kappa shape index (κ1) is 11.0. The fourth-order valence-corrected chi connectivity index (χ4v) is 2.55. The van der Waals surface area contributed by atoms with E-state index in [4.69, 9.17) is 4.74 Å². The summed E-state index contributed by atoms with van der Waals surface area (Å²) in [5, 5.41) is 0. The highest BCUT2D eigenvalue weighted by molar-refractivity contribution is 4.86. The van der Waals surface area contributed by atoms with Crippen LogP contribution in [0.15, 0.2) is 0 Å². The molecule has 1 fully saturated rings. The Bertz CT molecular complexity index is 157. The Kier molecular flexibility index (Phi) is 3.39. The summed E-state index contributed by atoms with van der Waals surface area (Å²) in [4.78, 5) is 0. The molecular formula is C12H24O. The van der Waals surface area contributed by atoms with Crippen LogP contribution in [0.4, 0.5) is 0 Å². The van der Waals surface area contributed by atoms with Crippen LogP contribution in [-0.2, 0) is 4.74 Å². The maximum Gasteiger partial charge on any atom is 0.0604 e. The molecule has 1 nitrogen and oxygen atoms in total. The number of hydrogen-bond donors (Lipinski definition) is 0. The lowest BCUT2D eigenvalue weighted by Gasteiger charge is -2.41. The topological polar surface area (TPSA) is 9.23 Å². The molecule has 3 unspecified atom stereocenters. The van der Waals surface area contributed by atoms with Crippen molar-refractivity contribution >= 4 is 0 Å². The van der Waals surface area contributed by atoms with Crippen molar-refractivity contribution in [3.63, 3.8) is 0 Å². The Hall–Kier alpha value is -0.0400. The first-order valence-electron chi connectivity index (χ1n) is 5.48. The smallest absolute Gasteiger partial charge is 0.0604 e. The standard InChI is InChI=1S/C12H24O/c1-9-6-7-11(13-5)10(8-9)12(2,3)4/h9-11H,6-8H2,1-5H3. The molecule has 0 aromatic carbocycles. The van der Waals surface area contributed by atoms with Crippen molar-refractivity contribution in [2.75, 3.05) is 7.11 Å². The second kappa shape index (κ2) is 4.00. The van der Waals surface area contributed by atoms with Gasteiger partial charge in [0.1, 0.15) is 0 Å². The first-order valence-corrected chi connectivity index (χ1v) is 5.48. The van der Waals surface area contributed by atoms with E-state index in [1.165, 1.54) is 19.3 Å². The predicted octanol–water partition coefficient (Wildman–Crippen LogP) is 3.48. The van der Waals surface area contributed by atoms with Crippen LogP contribution in [0.1, 0.15) is 47.0 Å². The molecule has 0 N–H and O–H groups in total. The van der Waals surface area contributed by atoms with Crippen LogP contribution in [0.25, 0.3) is 0 Å². The summed E-state index contributed by atoms with van der Waals surface area (Å²) in [5.41, 5.74) is 0.398. The van der Waals surface area contributed by atoms with Gasteiger partial charge in [-0.3, -0.25) is 0 Å². The highest BCUT2D eigenvalue weighted by Gasteiger charge is 2.36. The molecule has 3 atom stereocenters. The Morgan fingerprint density at radius 2 is 1.77 bits per heavy atom. The second-order valence-electron chi connectivity index (χ2n) is 5.66. The van der Waals surface area contributed by atoms with Gasteiger partial charge in [0, 0.05) is 7.11 Å². The summed E-state index contributed by atoms with van der Waals surface area (Å²) in [6.45, 7) is 9.37. The van der Waals surface area contributed by atoms with Crippen molar-refractivity contribution in [2.24, 2.45) is 17.3 Å². The average Bonchev–Trinajstić information content (AvgIpc) is 2.03. The molecule has 0 aromatic rings. The van der Waals surface area contributed by atoms with Crippen molar-refractivity contribution in [3.05, 3.63) is 0 Å². The van der Waals surface area contributed by atoms with Gasteiger partial charge in [0.2, 0.25) is 0 Å². The van der Waals surface area contributed by atoms with Crippen LogP contribution in [0.2, 0.25) is 0 Å². The van der Waals surface area contributed by atoms with Crippen molar-refractivity contribution in [2.45, 2.75) is 53.1 Å². The van der Waals surface area contributed by atoms with Gasteiger partial charge in [0.25, 0.3) is 0 Å². The van der Waals surface area contributed by atoms with Crippen LogP contribution >= 0.6 is 0 Å². The van der Waals surface area contributed by atoms with Crippen LogP contribution in [0.3, 0.4) is 0 Å². The van der Waals surface area contributed by atoms with Crippen LogP contribution in [0.5, 0.6) is 0 Å². The zero-order valence-corrected chi connectivity index (χ0v) is 9.76. The van der Waals surface area contributed by atoms with E-state index in [0.717, 1.165) is 11.8 Å². The Balaban J connectivity index is 2.65. The highest BCUT2D eigenvalue weighted by atomic mass is 16.5. The molecule has 13 heavy (non-hydrogen) atoms. The summed E-state index contributed by atoms with van der Waals surface area (Å²) in [6.07, 6.45) is 4.42. The van der Waals surface area contributed by atoms with Crippen LogP contribution in [0, 0.1) is 17.3 Å². The van der Waals surface area contributed by atoms with E-state index >= 15 is 0 Å². The molecule has 1 rings (SSSR count). The molecular weight excluding hydrogens is 160 g/mol. The minimum Gasteiger partial charge on any atom is -0.381 e. The van der Waals surface area contributed by atoms with Gasteiger partial charge in [-0.2, -0.15) is 0 Å². The summed E-state index contributed by atoms with van der Waals surface area (Å²) in [5.74, 6) is 1.62. The van der Waals surface area contributed by atoms with E-state index in [0.29, 0.717) is 11.5 Å². The Morgan fingerprint density at radius 3 is 2.23 bits per heavy atom. The molecule has 0 radical (unpaired) electrons. The molecule has 0 bridgehead atoms. The molecule has 1 aliphatic rings. The van der Waals surface area contributed by atoms with Gasteiger partial charge in [-0.15, -0.1) is 0 Å². The van der Waals surface area contributed by atoms with E-state index in [2.05, 4.69) is 27.7 Å². The lowest BCUT2D eigenvalue weighted by molar-refractivity contribution is -0.0343. The normalized spacial score (nSPS) is 36.2.